The third-order valence-corrected chi connectivity index (χ3v) is 9.97. The molecule has 44 heavy (non-hydrogen) atoms. The van der Waals surface area contributed by atoms with Gasteiger partial charge < -0.3 is 28.8 Å². The number of ether oxygens (including phenoxy) is 5. The predicted molar refractivity (Wildman–Crippen MR) is 184 cm³/mol. The second-order valence-corrected chi connectivity index (χ2v) is 16.7. The standard InChI is InChI=1S/C37H53O6P/c1-23-15-27(36(6,7)8)33(42-21-39-12)30(17-23)44(29-20-25(41-14)19-26(32(29)38)35(3,4)5)31-18-24(2)16-28(37(9,10)11)34(31)43-22-40-13/h15-20,38H,21-22H2,1-14H3. The number of rotatable bonds is 10. The molecule has 6 nitrogen and oxygen atoms in total. The molecule has 0 bridgehead atoms. The van der Waals surface area contributed by atoms with Gasteiger partial charge in [0.15, 0.2) is 13.6 Å². The van der Waals surface area contributed by atoms with E-state index in [0.717, 1.165) is 55.2 Å². The highest BCUT2D eigenvalue weighted by atomic mass is 31.1. The Bertz CT molecular complexity index is 1380. The summed E-state index contributed by atoms with van der Waals surface area (Å²) in [6.07, 6.45) is 0. The van der Waals surface area contributed by atoms with Crippen LogP contribution < -0.4 is 30.1 Å². The maximum atomic E-state index is 12.2. The first-order valence-corrected chi connectivity index (χ1v) is 16.4. The number of phenolic OH excluding ortho intramolecular Hbond substituents is 1. The third kappa shape index (κ3) is 7.88. The monoisotopic (exact) mass is 624 g/mol. The van der Waals surface area contributed by atoms with E-state index in [4.69, 9.17) is 23.7 Å². The summed E-state index contributed by atoms with van der Waals surface area (Å²) in [6, 6.07) is 12.6. The first kappa shape index (κ1) is 35.7. The van der Waals surface area contributed by atoms with Gasteiger partial charge >= 0.3 is 0 Å². The summed E-state index contributed by atoms with van der Waals surface area (Å²) in [7, 11) is 3.45. The van der Waals surface area contributed by atoms with Crippen molar-refractivity contribution in [1.29, 1.82) is 0 Å². The van der Waals surface area contributed by atoms with E-state index < -0.39 is 7.92 Å². The van der Waals surface area contributed by atoms with E-state index >= 15 is 0 Å². The highest BCUT2D eigenvalue weighted by Crippen LogP contribution is 2.49. The van der Waals surface area contributed by atoms with E-state index in [2.05, 4.69) is 100 Å². The Morgan fingerprint density at radius 1 is 0.568 bits per heavy atom. The van der Waals surface area contributed by atoms with Crippen molar-refractivity contribution in [3.8, 4) is 23.0 Å². The molecule has 0 fully saturated rings. The van der Waals surface area contributed by atoms with Gasteiger partial charge in [-0.2, -0.15) is 0 Å². The van der Waals surface area contributed by atoms with Crippen molar-refractivity contribution in [1.82, 2.24) is 0 Å². The molecule has 0 saturated carbocycles. The molecule has 3 aromatic rings. The minimum Gasteiger partial charge on any atom is -0.507 e. The van der Waals surface area contributed by atoms with Crippen LogP contribution in [0.2, 0.25) is 0 Å². The molecule has 0 unspecified atom stereocenters. The van der Waals surface area contributed by atoms with Crippen LogP contribution in [0.4, 0.5) is 0 Å². The first-order chi connectivity index (χ1) is 20.3. The van der Waals surface area contributed by atoms with E-state index in [1.54, 1.807) is 21.3 Å². The lowest BCUT2D eigenvalue weighted by atomic mass is 9.85. The number of phenols is 1. The van der Waals surface area contributed by atoms with Crippen LogP contribution in [-0.2, 0) is 25.7 Å². The molecule has 3 aromatic carbocycles. The van der Waals surface area contributed by atoms with Crippen LogP contribution in [-0.4, -0.2) is 40.0 Å². The van der Waals surface area contributed by atoms with E-state index in [-0.39, 0.29) is 35.6 Å². The second-order valence-electron chi connectivity index (χ2n) is 14.6. The van der Waals surface area contributed by atoms with Crippen molar-refractivity contribution in [2.45, 2.75) is 92.4 Å². The minimum absolute atomic E-state index is 0.0910. The number of benzene rings is 3. The third-order valence-electron chi connectivity index (χ3n) is 7.52. The summed E-state index contributed by atoms with van der Waals surface area (Å²) < 4.78 is 29.7. The van der Waals surface area contributed by atoms with Crippen molar-refractivity contribution in [3.63, 3.8) is 0 Å². The van der Waals surface area contributed by atoms with Gasteiger partial charge in [0.25, 0.3) is 0 Å². The zero-order valence-electron chi connectivity index (χ0n) is 29.3. The van der Waals surface area contributed by atoms with Gasteiger partial charge in [0.05, 0.1) is 7.11 Å². The molecule has 0 aliphatic rings. The zero-order chi connectivity index (χ0) is 33.2. The molecular weight excluding hydrogens is 571 g/mol. The molecule has 0 aliphatic carbocycles. The molecule has 0 amide bonds. The average Bonchev–Trinajstić information content (AvgIpc) is 2.90. The first-order valence-electron chi connectivity index (χ1n) is 15.1. The van der Waals surface area contributed by atoms with Gasteiger partial charge in [-0.15, -0.1) is 0 Å². The number of hydrogen-bond donors (Lipinski definition) is 1. The van der Waals surface area contributed by atoms with E-state index in [9.17, 15) is 5.11 Å². The smallest absolute Gasteiger partial charge is 0.188 e. The zero-order valence-corrected chi connectivity index (χ0v) is 30.2. The molecule has 0 atom stereocenters. The molecule has 7 heteroatoms. The molecule has 0 aromatic heterocycles. The fourth-order valence-electron chi connectivity index (χ4n) is 5.34. The van der Waals surface area contributed by atoms with Crippen LogP contribution in [0.15, 0.2) is 36.4 Å². The number of methoxy groups -OCH3 is 3. The van der Waals surface area contributed by atoms with Crippen LogP contribution in [0, 0.1) is 13.8 Å². The van der Waals surface area contributed by atoms with Crippen molar-refractivity contribution in [2.24, 2.45) is 0 Å². The van der Waals surface area contributed by atoms with E-state index in [0.29, 0.717) is 5.75 Å². The fraction of sp³-hybridized carbons (Fsp3) is 0.514. The summed E-state index contributed by atoms with van der Waals surface area (Å²) in [6.45, 7) is 23.8. The average molecular weight is 625 g/mol. The molecule has 0 aliphatic heterocycles. The fourth-order valence-corrected chi connectivity index (χ4v) is 8.15. The Labute approximate surface area is 266 Å². The number of aromatic hydroxyl groups is 1. The normalized spacial score (nSPS) is 12.5. The van der Waals surface area contributed by atoms with Gasteiger partial charge in [-0.05, 0) is 73.4 Å². The molecular formula is C37H53O6P. The summed E-state index contributed by atoms with van der Waals surface area (Å²) in [5.74, 6) is 2.44. The Morgan fingerprint density at radius 3 is 1.32 bits per heavy atom. The largest absolute Gasteiger partial charge is 0.507 e. The highest BCUT2D eigenvalue weighted by Gasteiger charge is 2.35. The Kier molecular flexibility index (Phi) is 11.1. The lowest BCUT2D eigenvalue weighted by Crippen LogP contribution is -2.30. The highest BCUT2D eigenvalue weighted by molar-refractivity contribution is 7.80. The maximum absolute atomic E-state index is 12.2. The SMILES string of the molecule is COCOc1c(P(c2cc(OC)cc(C(C)(C)C)c2O)c2cc(C)cc(C(C)(C)C)c2OCOC)cc(C)cc1C(C)(C)C. The molecule has 0 heterocycles. The lowest BCUT2D eigenvalue weighted by molar-refractivity contribution is 0.0506. The maximum Gasteiger partial charge on any atom is 0.188 e. The van der Waals surface area contributed by atoms with Crippen LogP contribution in [0.25, 0.3) is 0 Å². The van der Waals surface area contributed by atoms with Gasteiger partial charge in [-0.3, -0.25) is 0 Å². The molecule has 242 valence electrons. The predicted octanol–water partition coefficient (Wildman–Crippen LogP) is 7.63. The number of hydrogen-bond acceptors (Lipinski definition) is 6. The summed E-state index contributed by atoms with van der Waals surface area (Å²) >= 11 is 0. The molecule has 0 spiro atoms. The minimum atomic E-state index is -1.48. The number of aryl methyl sites for hydroxylation is 2. The molecule has 0 radical (unpaired) electrons. The van der Waals surface area contributed by atoms with Gasteiger partial charge in [0, 0.05) is 46.8 Å². The molecule has 0 saturated heterocycles. The summed E-state index contributed by atoms with van der Waals surface area (Å²) in [4.78, 5) is 0. The molecule has 3 rings (SSSR count). The van der Waals surface area contributed by atoms with Gasteiger partial charge in [-0.1, -0.05) is 74.4 Å². The van der Waals surface area contributed by atoms with Crippen LogP contribution >= 0.6 is 7.92 Å². The summed E-state index contributed by atoms with van der Waals surface area (Å²) in [5, 5.41) is 14.9. The van der Waals surface area contributed by atoms with Gasteiger partial charge in [-0.25, -0.2) is 0 Å². The van der Waals surface area contributed by atoms with Crippen molar-refractivity contribution >= 4 is 23.8 Å². The lowest BCUT2D eigenvalue weighted by Gasteiger charge is -2.33. The van der Waals surface area contributed by atoms with Crippen LogP contribution in [0.5, 0.6) is 23.0 Å². The van der Waals surface area contributed by atoms with Crippen molar-refractivity contribution < 1.29 is 28.8 Å². The Hall–Kier alpha value is -2.79. The Morgan fingerprint density at radius 2 is 0.977 bits per heavy atom. The van der Waals surface area contributed by atoms with Gasteiger partial charge in [0.1, 0.15) is 23.0 Å². The molecule has 1 N–H and O–H groups in total. The topological polar surface area (TPSA) is 66.4 Å². The summed E-state index contributed by atoms with van der Waals surface area (Å²) in [5.41, 5.74) is 4.35. The van der Waals surface area contributed by atoms with Crippen LogP contribution in [0.3, 0.4) is 0 Å². The van der Waals surface area contributed by atoms with Crippen molar-refractivity contribution in [3.05, 3.63) is 64.2 Å². The van der Waals surface area contributed by atoms with E-state index in [1.165, 1.54) is 0 Å². The van der Waals surface area contributed by atoms with Crippen molar-refractivity contribution in [2.75, 3.05) is 34.9 Å². The van der Waals surface area contributed by atoms with E-state index in [1.807, 2.05) is 12.1 Å². The van der Waals surface area contributed by atoms with Gasteiger partial charge in [0.2, 0.25) is 0 Å². The van der Waals surface area contributed by atoms with Crippen LogP contribution in [0.1, 0.15) is 90.1 Å². The second kappa shape index (κ2) is 13.7. The Balaban J connectivity index is 2.67. The quantitative estimate of drug-likeness (QED) is 0.185.